The summed E-state index contributed by atoms with van der Waals surface area (Å²) in [5.41, 5.74) is 0. The number of methoxy groups -OCH3 is 1. The molecule has 92 valence electrons. The highest BCUT2D eigenvalue weighted by molar-refractivity contribution is 7.89. The highest BCUT2D eigenvalue weighted by Gasteiger charge is 2.29. The van der Waals surface area contributed by atoms with Crippen molar-refractivity contribution in [3.05, 3.63) is 0 Å². The van der Waals surface area contributed by atoms with Crippen molar-refractivity contribution < 1.29 is 13.2 Å². The van der Waals surface area contributed by atoms with E-state index < -0.39 is 10.0 Å². The molecule has 1 rings (SSSR count). The molecule has 1 saturated heterocycles. The van der Waals surface area contributed by atoms with Crippen LogP contribution in [0.3, 0.4) is 0 Å². The van der Waals surface area contributed by atoms with Crippen molar-refractivity contribution in [1.29, 1.82) is 0 Å². The Kier molecular flexibility index (Phi) is 6.70. The molecule has 1 unspecified atom stereocenters. The maximum Gasteiger partial charge on any atom is 0.216 e. The highest BCUT2D eigenvalue weighted by atomic mass is 35.5. The molecule has 1 heterocycles. The molecule has 1 N–H and O–H groups in total. The molecule has 0 aliphatic carbocycles. The summed E-state index contributed by atoms with van der Waals surface area (Å²) in [7, 11) is 0.270. The first-order chi connectivity index (χ1) is 6.60. The van der Waals surface area contributed by atoms with Gasteiger partial charge in [0.15, 0.2) is 0 Å². The quantitative estimate of drug-likeness (QED) is 0.734. The van der Waals surface area contributed by atoms with E-state index in [4.69, 9.17) is 4.74 Å². The Balaban J connectivity index is 0.00000196. The number of rotatable bonds is 5. The number of likely N-dealkylation sites (N-methyl/N-ethyl adjacent to an activating group) is 1. The molecule has 7 heteroatoms. The third-order valence-electron chi connectivity index (χ3n) is 2.50. The van der Waals surface area contributed by atoms with E-state index >= 15 is 0 Å². The number of hydrogen-bond donors (Lipinski definition) is 1. The van der Waals surface area contributed by atoms with Gasteiger partial charge in [-0.1, -0.05) is 0 Å². The van der Waals surface area contributed by atoms with Gasteiger partial charge in [-0.25, -0.2) is 12.7 Å². The summed E-state index contributed by atoms with van der Waals surface area (Å²) in [6, 6.07) is 0.298. The van der Waals surface area contributed by atoms with Crippen molar-refractivity contribution in [3.8, 4) is 0 Å². The van der Waals surface area contributed by atoms with Gasteiger partial charge in [-0.05, 0) is 13.5 Å². The van der Waals surface area contributed by atoms with E-state index in [9.17, 15) is 8.42 Å². The number of nitrogens with zero attached hydrogens (tertiary/aromatic N) is 1. The minimum absolute atomic E-state index is 0. The number of ether oxygens (including phenoxy) is 1. The van der Waals surface area contributed by atoms with Crippen molar-refractivity contribution in [2.24, 2.45) is 0 Å². The molecule has 0 aromatic heterocycles. The standard InChI is InChI=1S/C8H18N2O3S.ClH/c1-9-8-3-4-10(7-8)14(11,12)6-5-13-2;/h8-9H,3-7H2,1-2H3;1H. The van der Waals surface area contributed by atoms with Gasteiger partial charge in [0.1, 0.15) is 0 Å². The summed E-state index contributed by atoms with van der Waals surface area (Å²) >= 11 is 0. The minimum atomic E-state index is -3.10. The first kappa shape index (κ1) is 15.1. The van der Waals surface area contributed by atoms with Crippen molar-refractivity contribution in [3.63, 3.8) is 0 Å². The summed E-state index contributed by atoms with van der Waals surface area (Å²) in [5, 5.41) is 3.08. The van der Waals surface area contributed by atoms with Gasteiger partial charge in [0.25, 0.3) is 0 Å². The second kappa shape index (κ2) is 6.65. The second-order valence-electron chi connectivity index (χ2n) is 3.44. The van der Waals surface area contributed by atoms with E-state index in [0.717, 1.165) is 6.42 Å². The van der Waals surface area contributed by atoms with Crippen LogP contribution in [0.25, 0.3) is 0 Å². The number of sulfonamides is 1. The van der Waals surface area contributed by atoms with Crippen LogP contribution < -0.4 is 5.32 Å². The van der Waals surface area contributed by atoms with Crippen LogP contribution >= 0.6 is 12.4 Å². The first-order valence-corrected chi connectivity index (χ1v) is 6.35. The molecule has 0 radical (unpaired) electrons. The lowest BCUT2D eigenvalue weighted by molar-refractivity contribution is 0.215. The number of halogens is 1. The highest BCUT2D eigenvalue weighted by Crippen LogP contribution is 2.13. The Labute approximate surface area is 97.6 Å². The van der Waals surface area contributed by atoms with Gasteiger partial charge in [0.05, 0.1) is 12.4 Å². The molecule has 5 nitrogen and oxygen atoms in total. The minimum Gasteiger partial charge on any atom is -0.384 e. The summed E-state index contributed by atoms with van der Waals surface area (Å²) in [6.45, 7) is 1.48. The van der Waals surface area contributed by atoms with E-state index in [1.165, 1.54) is 11.4 Å². The van der Waals surface area contributed by atoms with Gasteiger partial charge < -0.3 is 10.1 Å². The summed E-state index contributed by atoms with van der Waals surface area (Å²) < 4.78 is 29.6. The lowest BCUT2D eigenvalue weighted by Crippen LogP contribution is -2.35. The van der Waals surface area contributed by atoms with Crippen molar-refractivity contribution in [2.75, 3.05) is 39.6 Å². The molecule has 0 bridgehead atoms. The summed E-state index contributed by atoms with van der Waals surface area (Å²) in [4.78, 5) is 0. The third-order valence-corrected chi connectivity index (χ3v) is 4.30. The van der Waals surface area contributed by atoms with Gasteiger partial charge in [-0.15, -0.1) is 12.4 Å². The van der Waals surface area contributed by atoms with Crippen molar-refractivity contribution >= 4 is 22.4 Å². The molecule has 0 amide bonds. The van der Waals surface area contributed by atoms with Crippen LogP contribution in [0, 0.1) is 0 Å². The molecule has 1 atom stereocenters. The normalized spacial score (nSPS) is 22.7. The van der Waals surface area contributed by atoms with Crippen LogP contribution in [0.4, 0.5) is 0 Å². The van der Waals surface area contributed by atoms with Gasteiger partial charge in [0, 0.05) is 26.2 Å². The molecule has 1 aliphatic heterocycles. The Morgan fingerprint density at radius 3 is 2.67 bits per heavy atom. The van der Waals surface area contributed by atoms with E-state index in [0.29, 0.717) is 19.1 Å². The molecule has 1 fully saturated rings. The maximum atomic E-state index is 11.7. The Morgan fingerprint density at radius 2 is 2.20 bits per heavy atom. The van der Waals surface area contributed by atoms with Crippen LogP contribution in [-0.2, 0) is 14.8 Å². The van der Waals surface area contributed by atoms with Crippen molar-refractivity contribution in [1.82, 2.24) is 9.62 Å². The SMILES string of the molecule is CNC1CCN(S(=O)(=O)CCOC)C1.Cl. The van der Waals surface area contributed by atoms with Gasteiger partial charge in [-0.3, -0.25) is 0 Å². The van der Waals surface area contributed by atoms with Gasteiger partial charge in [-0.2, -0.15) is 0 Å². The monoisotopic (exact) mass is 258 g/mol. The fourth-order valence-corrected chi connectivity index (χ4v) is 2.96. The predicted octanol–water partition coefficient (Wildman–Crippen LogP) is -0.322. The van der Waals surface area contributed by atoms with E-state index in [2.05, 4.69) is 5.32 Å². The lowest BCUT2D eigenvalue weighted by atomic mass is 10.3. The molecule has 0 spiro atoms. The van der Waals surface area contributed by atoms with E-state index in [1.807, 2.05) is 7.05 Å². The molecule has 1 aliphatic rings. The molecule has 0 aromatic carbocycles. The van der Waals surface area contributed by atoms with E-state index in [-0.39, 0.29) is 24.8 Å². The largest absolute Gasteiger partial charge is 0.384 e. The van der Waals surface area contributed by atoms with E-state index in [1.54, 1.807) is 0 Å². The van der Waals surface area contributed by atoms with Crippen LogP contribution in [0.2, 0.25) is 0 Å². The Hall–Kier alpha value is 0.120. The topological polar surface area (TPSA) is 58.6 Å². The number of hydrogen-bond acceptors (Lipinski definition) is 4. The average Bonchev–Trinajstić information content (AvgIpc) is 2.63. The van der Waals surface area contributed by atoms with Gasteiger partial charge >= 0.3 is 0 Å². The van der Waals surface area contributed by atoms with Crippen molar-refractivity contribution in [2.45, 2.75) is 12.5 Å². The molecular formula is C8H19ClN2O3S. The summed E-state index contributed by atoms with van der Waals surface area (Å²) in [6.07, 6.45) is 0.892. The zero-order chi connectivity index (χ0) is 10.6. The molecule has 0 aromatic rings. The summed E-state index contributed by atoms with van der Waals surface area (Å²) in [5.74, 6) is 0.0833. The molecule has 0 saturated carbocycles. The predicted molar refractivity (Wildman–Crippen MR) is 61.9 cm³/mol. The first-order valence-electron chi connectivity index (χ1n) is 4.74. The fourth-order valence-electron chi connectivity index (χ4n) is 1.53. The van der Waals surface area contributed by atoms with Crippen LogP contribution in [0.1, 0.15) is 6.42 Å². The van der Waals surface area contributed by atoms with Gasteiger partial charge in [0.2, 0.25) is 10.0 Å². The third kappa shape index (κ3) is 4.24. The zero-order valence-electron chi connectivity index (χ0n) is 9.10. The fraction of sp³-hybridized carbons (Fsp3) is 1.00. The van der Waals surface area contributed by atoms with Crippen LogP contribution in [0.15, 0.2) is 0 Å². The van der Waals surface area contributed by atoms with Crippen LogP contribution in [0.5, 0.6) is 0 Å². The van der Waals surface area contributed by atoms with Crippen LogP contribution in [-0.4, -0.2) is 58.4 Å². The Morgan fingerprint density at radius 1 is 1.53 bits per heavy atom. The maximum absolute atomic E-state index is 11.7. The second-order valence-corrected chi connectivity index (χ2v) is 5.53. The lowest BCUT2D eigenvalue weighted by Gasteiger charge is -2.15. The molecular weight excluding hydrogens is 240 g/mol. The molecule has 15 heavy (non-hydrogen) atoms. The zero-order valence-corrected chi connectivity index (χ0v) is 10.7. The average molecular weight is 259 g/mol. The Bertz CT molecular complexity index is 271. The smallest absolute Gasteiger partial charge is 0.216 e. The number of nitrogens with one attached hydrogen (secondary N) is 1.